The molecule has 1 aromatic rings. The van der Waals surface area contributed by atoms with E-state index >= 15 is 0 Å². The molecule has 24 heavy (non-hydrogen) atoms. The Labute approximate surface area is 139 Å². The van der Waals surface area contributed by atoms with Gasteiger partial charge in [-0.25, -0.2) is 4.98 Å². The molecule has 2 rings (SSSR count). The number of hydrogen-bond acceptors (Lipinski definition) is 5. The zero-order valence-electron chi connectivity index (χ0n) is 13.8. The van der Waals surface area contributed by atoms with Gasteiger partial charge in [0.15, 0.2) is 0 Å². The average molecular weight is 337 g/mol. The first-order valence-corrected chi connectivity index (χ1v) is 8.00. The maximum atomic E-state index is 12.5. The number of carboxylic acid groups (broad SMARTS) is 1. The number of ether oxygens (including phenoxy) is 1. The van der Waals surface area contributed by atoms with Crippen molar-refractivity contribution in [2.45, 2.75) is 32.1 Å². The van der Waals surface area contributed by atoms with Crippen LogP contribution < -0.4 is 5.56 Å². The van der Waals surface area contributed by atoms with Crippen LogP contribution in [0.3, 0.4) is 0 Å². The van der Waals surface area contributed by atoms with Crippen molar-refractivity contribution in [3.05, 3.63) is 28.4 Å². The van der Waals surface area contributed by atoms with Gasteiger partial charge in [-0.3, -0.25) is 14.4 Å². The Morgan fingerprint density at radius 1 is 1.50 bits per heavy atom. The molecule has 1 fully saturated rings. The van der Waals surface area contributed by atoms with Gasteiger partial charge in [0.05, 0.1) is 18.2 Å². The fraction of sp³-hybridized carbons (Fsp3) is 0.625. The van der Waals surface area contributed by atoms with Crippen molar-refractivity contribution in [3.8, 4) is 0 Å². The zero-order valence-corrected chi connectivity index (χ0v) is 13.8. The summed E-state index contributed by atoms with van der Waals surface area (Å²) in [6.45, 7) is 1.17. The Hall–Kier alpha value is -2.22. The molecule has 1 saturated heterocycles. The first-order valence-electron chi connectivity index (χ1n) is 8.00. The smallest absolute Gasteiger partial charge is 0.311 e. The number of aromatic amines is 1. The number of aliphatic carboxylic acids is 1. The standard InChI is InChI=1S/C16H23N3O5/c1-24-7-3-5-16(15(22)23)4-2-6-19(10-16)13(20)8-12-9-17-11-18-14(12)21/h9,11H,2-8,10H2,1H3,(H,22,23)(H,17,18,21)/t16-/m0/s1. The quantitative estimate of drug-likeness (QED) is 0.698. The van der Waals surface area contributed by atoms with Gasteiger partial charge in [0.2, 0.25) is 5.91 Å². The van der Waals surface area contributed by atoms with Gasteiger partial charge in [0, 0.05) is 38.6 Å². The SMILES string of the molecule is COCCC[C@@]1(C(=O)O)CCCN(C(=O)Cc2cnc[nH]c2=O)C1. The highest BCUT2D eigenvalue weighted by Gasteiger charge is 2.43. The summed E-state index contributed by atoms with van der Waals surface area (Å²) in [6, 6.07) is 0. The van der Waals surface area contributed by atoms with Crippen LogP contribution in [0.1, 0.15) is 31.2 Å². The van der Waals surface area contributed by atoms with Gasteiger partial charge in [-0.1, -0.05) is 0 Å². The third-order valence-electron chi connectivity index (χ3n) is 4.52. The van der Waals surface area contributed by atoms with E-state index in [4.69, 9.17) is 4.74 Å². The summed E-state index contributed by atoms with van der Waals surface area (Å²) < 4.78 is 5.01. The maximum Gasteiger partial charge on any atom is 0.311 e. The third kappa shape index (κ3) is 4.19. The van der Waals surface area contributed by atoms with Crippen LogP contribution in [0.4, 0.5) is 0 Å². The molecule has 2 heterocycles. The van der Waals surface area contributed by atoms with E-state index in [0.29, 0.717) is 38.8 Å². The van der Waals surface area contributed by atoms with Crippen LogP contribution in [0.5, 0.6) is 0 Å². The van der Waals surface area contributed by atoms with E-state index in [1.165, 1.54) is 12.5 Å². The lowest BCUT2D eigenvalue weighted by Crippen LogP contribution is -2.50. The monoisotopic (exact) mass is 337 g/mol. The van der Waals surface area contributed by atoms with Crippen LogP contribution in [-0.4, -0.2) is 58.7 Å². The molecule has 1 aromatic heterocycles. The molecule has 0 aromatic carbocycles. The van der Waals surface area contributed by atoms with Crippen LogP contribution in [0.2, 0.25) is 0 Å². The number of aromatic nitrogens is 2. The Kier molecular flexibility index (Phi) is 6.08. The second-order valence-electron chi connectivity index (χ2n) is 6.18. The van der Waals surface area contributed by atoms with Crippen molar-refractivity contribution in [1.29, 1.82) is 0 Å². The Balaban J connectivity index is 2.07. The molecule has 1 amide bonds. The van der Waals surface area contributed by atoms with Crippen LogP contribution in [-0.2, 0) is 20.7 Å². The second kappa shape index (κ2) is 8.05. The number of likely N-dealkylation sites (tertiary alicyclic amines) is 1. The molecule has 1 aliphatic heterocycles. The summed E-state index contributed by atoms with van der Waals surface area (Å²) in [5, 5.41) is 9.68. The minimum absolute atomic E-state index is 0.0725. The zero-order chi connectivity index (χ0) is 17.6. The number of carboxylic acids is 1. The highest BCUT2D eigenvalue weighted by atomic mass is 16.5. The summed E-state index contributed by atoms with van der Waals surface area (Å²) >= 11 is 0. The molecule has 8 heteroatoms. The van der Waals surface area contributed by atoms with Crippen molar-refractivity contribution in [3.63, 3.8) is 0 Å². The predicted octanol–water partition coefficient (Wildman–Crippen LogP) is 0.432. The number of H-pyrrole nitrogens is 1. The van der Waals surface area contributed by atoms with E-state index in [1.807, 2.05) is 0 Å². The first-order chi connectivity index (χ1) is 11.5. The number of nitrogens with one attached hydrogen (secondary N) is 1. The highest BCUT2D eigenvalue weighted by molar-refractivity contribution is 5.81. The number of nitrogens with zero attached hydrogens (tertiary/aromatic N) is 2. The van der Waals surface area contributed by atoms with E-state index in [2.05, 4.69) is 9.97 Å². The molecule has 0 spiro atoms. The van der Waals surface area contributed by atoms with Crippen molar-refractivity contribution in [1.82, 2.24) is 14.9 Å². The van der Waals surface area contributed by atoms with Crippen LogP contribution in [0.25, 0.3) is 0 Å². The van der Waals surface area contributed by atoms with Gasteiger partial charge in [-0.15, -0.1) is 0 Å². The fourth-order valence-corrected chi connectivity index (χ4v) is 3.16. The number of rotatable bonds is 7. The summed E-state index contributed by atoms with van der Waals surface area (Å²) in [7, 11) is 1.58. The van der Waals surface area contributed by atoms with E-state index < -0.39 is 11.4 Å². The van der Waals surface area contributed by atoms with Crippen molar-refractivity contribution >= 4 is 11.9 Å². The molecule has 0 radical (unpaired) electrons. The number of carbonyl (C=O) groups is 2. The minimum Gasteiger partial charge on any atom is -0.481 e. The molecule has 0 aliphatic carbocycles. The van der Waals surface area contributed by atoms with Gasteiger partial charge in [-0.2, -0.15) is 0 Å². The first kappa shape index (κ1) is 18.1. The van der Waals surface area contributed by atoms with Gasteiger partial charge in [0.25, 0.3) is 5.56 Å². The number of methoxy groups -OCH3 is 1. The summed E-state index contributed by atoms with van der Waals surface area (Å²) in [5.41, 5.74) is -0.998. The lowest BCUT2D eigenvalue weighted by Gasteiger charge is -2.40. The van der Waals surface area contributed by atoms with Crippen LogP contribution >= 0.6 is 0 Å². The number of piperidine rings is 1. The van der Waals surface area contributed by atoms with Gasteiger partial charge in [-0.05, 0) is 25.7 Å². The molecule has 2 N–H and O–H groups in total. The van der Waals surface area contributed by atoms with E-state index in [-0.39, 0.29) is 30.0 Å². The fourth-order valence-electron chi connectivity index (χ4n) is 3.16. The number of carbonyl (C=O) groups excluding carboxylic acids is 1. The van der Waals surface area contributed by atoms with Gasteiger partial charge >= 0.3 is 5.97 Å². The molecule has 8 nitrogen and oxygen atoms in total. The maximum absolute atomic E-state index is 12.5. The van der Waals surface area contributed by atoms with Crippen LogP contribution in [0.15, 0.2) is 17.3 Å². The lowest BCUT2D eigenvalue weighted by atomic mass is 9.76. The molecular formula is C16H23N3O5. The van der Waals surface area contributed by atoms with E-state index in [9.17, 15) is 19.5 Å². The molecule has 0 bridgehead atoms. The summed E-state index contributed by atoms with van der Waals surface area (Å²) in [6.07, 6.45) is 4.83. The molecule has 132 valence electrons. The molecule has 1 aliphatic rings. The third-order valence-corrected chi connectivity index (χ3v) is 4.52. The van der Waals surface area contributed by atoms with Crippen LogP contribution in [0, 0.1) is 5.41 Å². The topological polar surface area (TPSA) is 113 Å². The van der Waals surface area contributed by atoms with E-state index in [0.717, 1.165) is 0 Å². The lowest BCUT2D eigenvalue weighted by molar-refractivity contribution is -0.155. The second-order valence-corrected chi connectivity index (χ2v) is 6.18. The Bertz CT molecular complexity index is 645. The van der Waals surface area contributed by atoms with Gasteiger partial charge in [0.1, 0.15) is 0 Å². The average Bonchev–Trinajstić information content (AvgIpc) is 2.57. The highest BCUT2D eigenvalue weighted by Crippen LogP contribution is 2.35. The number of hydrogen-bond donors (Lipinski definition) is 2. The van der Waals surface area contributed by atoms with E-state index in [1.54, 1.807) is 12.0 Å². The largest absolute Gasteiger partial charge is 0.481 e. The normalized spacial score (nSPS) is 20.8. The Morgan fingerprint density at radius 2 is 2.29 bits per heavy atom. The summed E-state index contributed by atoms with van der Waals surface area (Å²) in [5.74, 6) is -1.12. The Morgan fingerprint density at radius 3 is 2.96 bits per heavy atom. The summed E-state index contributed by atoms with van der Waals surface area (Å²) in [4.78, 5) is 43.8. The predicted molar refractivity (Wildman–Crippen MR) is 85.6 cm³/mol. The minimum atomic E-state index is -0.937. The van der Waals surface area contributed by atoms with Gasteiger partial charge < -0.3 is 19.7 Å². The van der Waals surface area contributed by atoms with Crippen molar-refractivity contribution in [2.24, 2.45) is 5.41 Å². The molecule has 0 saturated carbocycles. The van der Waals surface area contributed by atoms with Crippen molar-refractivity contribution < 1.29 is 19.4 Å². The number of amides is 1. The molecule has 1 atom stereocenters. The molecule has 0 unspecified atom stereocenters. The molecular weight excluding hydrogens is 314 g/mol. The van der Waals surface area contributed by atoms with Crippen molar-refractivity contribution in [2.75, 3.05) is 26.8 Å².